The Balaban J connectivity index is 2.09. The van der Waals surface area contributed by atoms with Gasteiger partial charge in [0.1, 0.15) is 12.4 Å². The minimum atomic E-state index is -0.275. The van der Waals surface area contributed by atoms with Crippen LogP contribution in [0.25, 0.3) is 0 Å². The Morgan fingerprint density at radius 2 is 1.91 bits per heavy atom. The lowest BCUT2D eigenvalue weighted by molar-refractivity contribution is 0.103. The fourth-order valence-electron chi connectivity index (χ4n) is 2.49. The van der Waals surface area contributed by atoms with Crippen LogP contribution >= 0.6 is 0 Å². The van der Waals surface area contributed by atoms with E-state index in [0.717, 1.165) is 0 Å². The number of rotatable bonds is 4. The summed E-state index contributed by atoms with van der Waals surface area (Å²) in [5, 5.41) is 0. The van der Waals surface area contributed by atoms with Crippen molar-refractivity contribution in [2.45, 2.75) is 19.4 Å². The van der Waals surface area contributed by atoms with Crippen molar-refractivity contribution in [1.82, 2.24) is 0 Å². The molecule has 0 spiro atoms. The minimum Gasteiger partial charge on any atom is -0.497 e. The van der Waals surface area contributed by atoms with Crippen LogP contribution in [0.1, 0.15) is 35.3 Å². The second-order valence-electron chi connectivity index (χ2n) is 6.12. The maximum atomic E-state index is 12.9. The fourth-order valence-corrected chi connectivity index (χ4v) is 2.49. The molecule has 0 unspecified atom stereocenters. The number of hydrogen-bond acceptors (Lipinski definition) is 4. The van der Waals surface area contributed by atoms with E-state index in [1.165, 1.54) is 0 Å². The summed E-state index contributed by atoms with van der Waals surface area (Å²) in [6.07, 6.45) is 0. The highest BCUT2D eigenvalue weighted by molar-refractivity contribution is 6.15. The first-order chi connectivity index (χ1) is 11.0. The van der Waals surface area contributed by atoms with Gasteiger partial charge >= 0.3 is 0 Å². The van der Waals surface area contributed by atoms with Gasteiger partial charge in [0.15, 0.2) is 5.78 Å². The smallest absolute Gasteiger partial charge is 0.217 e. The van der Waals surface area contributed by atoms with E-state index in [4.69, 9.17) is 9.47 Å². The predicted octanol–water partition coefficient (Wildman–Crippen LogP) is 3.48. The van der Waals surface area contributed by atoms with Crippen molar-refractivity contribution in [2.75, 3.05) is 13.7 Å². The highest BCUT2D eigenvalue weighted by atomic mass is 16.5. The average molecular weight is 309 g/mol. The number of hydrogen-bond donors (Lipinski definition) is 0. The molecule has 3 rings (SSSR count). The zero-order valence-electron chi connectivity index (χ0n) is 13.5. The van der Waals surface area contributed by atoms with Crippen molar-refractivity contribution in [3.05, 3.63) is 65.2 Å². The molecule has 4 heteroatoms. The van der Waals surface area contributed by atoms with Gasteiger partial charge in [-0.2, -0.15) is 0 Å². The number of benzene rings is 2. The second kappa shape index (κ2) is 5.88. The fraction of sp³-hybridized carbons (Fsp3) is 0.263. The molecule has 4 nitrogen and oxygen atoms in total. The molecule has 1 aliphatic rings. The normalized spacial score (nSPS) is 15.7. The van der Waals surface area contributed by atoms with Crippen LogP contribution < -0.4 is 4.74 Å². The summed E-state index contributed by atoms with van der Waals surface area (Å²) in [7, 11) is 1.58. The number of carbonyl (C=O) groups excluding carboxylic acids is 1. The third-order valence-electron chi connectivity index (χ3n) is 3.70. The first kappa shape index (κ1) is 15.3. The number of ether oxygens (including phenoxy) is 2. The third-order valence-corrected chi connectivity index (χ3v) is 3.70. The second-order valence-corrected chi connectivity index (χ2v) is 6.12. The predicted molar refractivity (Wildman–Crippen MR) is 89.4 cm³/mol. The van der Waals surface area contributed by atoms with Gasteiger partial charge in [-0.3, -0.25) is 4.79 Å². The van der Waals surface area contributed by atoms with Crippen LogP contribution in [0.5, 0.6) is 5.75 Å². The number of carbonyl (C=O) groups is 1. The van der Waals surface area contributed by atoms with E-state index in [1.807, 2.05) is 44.2 Å². The van der Waals surface area contributed by atoms with Crippen molar-refractivity contribution < 1.29 is 14.3 Å². The summed E-state index contributed by atoms with van der Waals surface area (Å²) in [4.78, 5) is 17.5. The van der Waals surface area contributed by atoms with Crippen LogP contribution in [-0.2, 0) is 4.74 Å². The molecule has 1 aliphatic heterocycles. The summed E-state index contributed by atoms with van der Waals surface area (Å²) >= 11 is 0. The minimum absolute atomic E-state index is 0.0736. The lowest BCUT2D eigenvalue weighted by Gasteiger charge is -2.10. The zero-order chi connectivity index (χ0) is 16.4. The Hall–Kier alpha value is -2.62. The van der Waals surface area contributed by atoms with Gasteiger partial charge in [-0.1, -0.05) is 30.3 Å². The SMILES string of the molecule is COc1ccc(C2=NC(C)(C)CO2)c(C(=O)c2ccccc2)c1. The van der Waals surface area contributed by atoms with Crippen molar-refractivity contribution in [3.8, 4) is 5.75 Å². The van der Waals surface area contributed by atoms with E-state index >= 15 is 0 Å². The van der Waals surface area contributed by atoms with Gasteiger partial charge in [-0.05, 0) is 32.0 Å². The topological polar surface area (TPSA) is 47.9 Å². The Kier molecular flexibility index (Phi) is 3.90. The molecule has 0 fully saturated rings. The van der Waals surface area contributed by atoms with Gasteiger partial charge in [0.05, 0.1) is 12.6 Å². The van der Waals surface area contributed by atoms with Gasteiger partial charge in [-0.15, -0.1) is 0 Å². The molecule has 0 atom stereocenters. The monoisotopic (exact) mass is 309 g/mol. The van der Waals surface area contributed by atoms with E-state index in [1.54, 1.807) is 25.3 Å². The summed E-state index contributed by atoms with van der Waals surface area (Å²) in [6, 6.07) is 14.6. The van der Waals surface area contributed by atoms with Crippen molar-refractivity contribution in [3.63, 3.8) is 0 Å². The van der Waals surface area contributed by atoms with E-state index in [9.17, 15) is 4.79 Å². The third kappa shape index (κ3) is 3.11. The maximum absolute atomic E-state index is 12.9. The van der Waals surface area contributed by atoms with Gasteiger partial charge in [0.2, 0.25) is 5.90 Å². The summed E-state index contributed by atoms with van der Waals surface area (Å²) in [6.45, 7) is 4.51. The summed E-state index contributed by atoms with van der Waals surface area (Å²) in [5.74, 6) is 1.07. The van der Waals surface area contributed by atoms with Crippen molar-refractivity contribution in [1.29, 1.82) is 0 Å². The maximum Gasteiger partial charge on any atom is 0.217 e. The van der Waals surface area contributed by atoms with E-state index in [-0.39, 0.29) is 11.3 Å². The van der Waals surface area contributed by atoms with E-state index < -0.39 is 0 Å². The molecule has 0 aromatic heterocycles. The quantitative estimate of drug-likeness (QED) is 0.812. The molecule has 0 bridgehead atoms. The van der Waals surface area contributed by atoms with E-state index in [0.29, 0.717) is 34.9 Å². The van der Waals surface area contributed by atoms with Crippen LogP contribution in [0.4, 0.5) is 0 Å². The van der Waals surface area contributed by atoms with Crippen LogP contribution in [0.2, 0.25) is 0 Å². The van der Waals surface area contributed by atoms with Crippen LogP contribution in [0.15, 0.2) is 53.5 Å². The van der Waals surface area contributed by atoms with Gasteiger partial charge < -0.3 is 9.47 Å². The van der Waals surface area contributed by atoms with Crippen LogP contribution in [0, 0.1) is 0 Å². The van der Waals surface area contributed by atoms with Gasteiger partial charge in [-0.25, -0.2) is 4.99 Å². The molecule has 23 heavy (non-hydrogen) atoms. The van der Waals surface area contributed by atoms with E-state index in [2.05, 4.69) is 4.99 Å². The Bertz CT molecular complexity index is 763. The van der Waals surface area contributed by atoms with Gasteiger partial charge in [0, 0.05) is 16.7 Å². The van der Waals surface area contributed by atoms with Crippen molar-refractivity contribution >= 4 is 11.7 Å². The molecular formula is C19H19NO3. The standard InChI is InChI=1S/C19H19NO3/c1-19(2)12-23-18(20-19)15-10-9-14(22-3)11-16(15)17(21)13-7-5-4-6-8-13/h4-11H,12H2,1-3H3. The van der Waals surface area contributed by atoms with Crippen LogP contribution in [0.3, 0.4) is 0 Å². The molecule has 0 saturated carbocycles. The Morgan fingerprint density at radius 1 is 1.17 bits per heavy atom. The van der Waals surface area contributed by atoms with Gasteiger partial charge in [0.25, 0.3) is 0 Å². The Morgan fingerprint density at radius 3 is 2.52 bits per heavy atom. The molecule has 0 aliphatic carbocycles. The molecule has 0 amide bonds. The lowest BCUT2D eigenvalue weighted by atomic mass is 9.97. The number of aliphatic imine (C=N–C) groups is 1. The highest BCUT2D eigenvalue weighted by Crippen LogP contribution is 2.26. The number of methoxy groups -OCH3 is 1. The molecule has 0 N–H and O–H groups in total. The highest BCUT2D eigenvalue weighted by Gasteiger charge is 2.29. The zero-order valence-corrected chi connectivity index (χ0v) is 13.5. The number of nitrogens with zero attached hydrogens (tertiary/aromatic N) is 1. The average Bonchev–Trinajstić information content (AvgIpc) is 2.94. The molecule has 118 valence electrons. The largest absolute Gasteiger partial charge is 0.497 e. The number of ketones is 1. The summed E-state index contributed by atoms with van der Waals surface area (Å²) < 4.78 is 11.0. The molecule has 1 heterocycles. The molecule has 2 aromatic carbocycles. The first-order valence-corrected chi connectivity index (χ1v) is 7.51. The first-order valence-electron chi connectivity index (χ1n) is 7.51. The molecular weight excluding hydrogens is 290 g/mol. The van der Waals surface area contributed by atoms with Crippen LogP contribution in [-0.4, -0.2) is 30.9 Å². The Labute approximate surface area is 135 Å². The molecule has 0 saturated heterocycles. The molecule has 0 radical (unpaired) electrons. The molecule has 2 aromatic rings. The van der Waals surface area contributed by atoms with Crippen molar-refractivity contribution in [2.24, 2.45) is 4.99 Å². The summed E-state index contributed by atoms with van der Waals surface area (Å²) in [5.41, 5.74) is 1.58. The lowest BCUT2D eigenvalue weighted by Crippen LogP contribution is -2.17.